The molecule has 0 aliphatic carbocycles. The summed E-state index contributed by atoms with van der Waals surface area (Å²) in [5.74, 6) is 0. The van der Waals surface area contributed by atoms with E-state index >= 15 is 0 Å². The van der Waals surface area contributed by atoms with E-state index in [4.69, 9.17) is 5.11 Å². The fourth-order valence-electron chi connectivity index (χ4n) is 1.19. The Morgan fingerprint density at radius 1 is 1.14 bits per heavy atom. The molecule has 0 saturated carbocycles. The molecular weight excluding hydrogens is 174 g/mol. The molecule has 0 amide bonds. The molecule has 0 atom stereocenters. The van der Waals surface area contributed by atoms with Gasteiger partial charge in [0, 0.05) is 6.61 Å². The highest BCUT2D eigenvalue weighted by atomic mass is 16.2. The van der Waals surface area contributed by atoms with Gasteiger partial charge in [0.05, 0.1) is 6.54 Å². The summed E-state index contributed by atoms with van der Waals surface area (Å²) in [5.41, 5.74) is 1.24. The van der Waals surface area contributed by atoms with Crippen molar-refractivity contribution >= 4 is 6.21 Å². The molecule has 1 rings (SSSR count). The van der Waals surface area contributed by atoms with Crippen molar-refractivity contribution in [1.82, 2.24) is 0 Å². The Hall–Kier alpha value is -1.15. The maximum atomic E-state index is 8.56. The summed E-state index contributed by atoms with van der Waals surface area (Å²) in [6.45, 7) is 1.05. The van der Waals surface area contributed by atoms with Crippen molar-refractivity contribution in [3.8, 4) is 0 Å². The van der Waals surface area contributed by atoms with E-state index < -0.39 is 0 Å². The Bertz CT molecular complexity index is 256. The molecule has 0 aliphatic rings. The number of aliphatic hydroxyl groups is 1. The second kappa shape index (κ2) is 7.27. The van der Waals surface area contributed by atoms with Crippen molar-refractivity contribution in [2.75, 3.05) is 6.61 Å². The average Bonchev–Trinajstić information content (AvgIpc) is 2.25. The fraction of sp³-hybridized carbons (Fsp3) is 0.417. The highest BCUT2D eigenvalue weighted by Crippen LogP contribution is 2.00. The smallest absolute Gasteiger partial charge is 0.0635 e. The third-order valence-electron chi connectivity index (χ3n) is 1.99. The van der Waals surface area contributed by atoms with Crippen LogP contribution in [0, 0.1) is 0 Å². The number of aliphatic imine (C=N–C) groups is 1. The minimum absolute atomic E-state index is 0.284. The van der Waals surface area contributed by atoms with Gasteiger partial charge >= 0.3 is 0 Å². The van der Waals surface area contributed by atoms with E-state index in [1.165, 1.54) is 5.56 Å². The molecule has 0 aliphatic heterocycles. The largest absolute Gasteiger partial charge is 0.396 e. The van der Waals surface area contributed by atoms with E-state index in [-0.39, 0.29) is 6.61 Å². The molecule has 0 bridgehead atoms. The van der Waals surface area contributed by atoms with Crippen LogP contribution < -0.4 is 0 Å². The minimum Gasteiger partial charge on any atom is -0.396 e. The molecule has 0 unspecified atom stereocenters. The average molecular weight is 191 g/mol. The van der Waals surface area contributed by atoms with Crippen LogP contribution >= 0.6 is 0 Å². The molecular formula is C12H17NO. The van der Waals surface area contributed by atoms with Crippen LogP contribution in [0.4, 0.5) is 0 Å². The zero-order valence-corrected chi connectivity index (χ0v) is 8.39. The number of aliphatic hydroxyl groups excluding tert-OH is 1. The van der Waals surface area contributed by atoms with Gasteiger partial charge in [-0.1, -0.05) is 30.3 Å². The van der Waals surface area contributed by atoms with Gasteiger partial charge in [-0.25, -0.2) is 0 Å². The van der Waals surface area contributed by atoms with Crippen molar-refractivity contribution < 1.29 is 5.11 Å². The van der Waals surface area contributed by atoms with Crippen LogP contribution in [0.15, 0.2) is 35.3 Å². The summed E-state index contributed by atoms with van der Waals surface area (Å²) < 4.78 is 0. The van der Waals surface area contributed by atoms with E-state index in [0.717, 1.165) is 25.8 Å². The van der Waals surface area contributed by atoms with Gasteiger partial charge in [0.25, 0.3) is 0 Å². The number of unbranched alkanes of at least 4 members (excludes halogenated alkanes) is 2. The lowest BCUT2D eigenvalue weighted by Crippen LogP contribution is -1.85. The maximum absolute atomic E-state index is 8.56. The maximum Gasteiger partial charge on any atom is 0.0635 e. The molecule has 1 N–H and O–H groups in total. The third kappa shape index (κ3) is 4.77. The van der Waals surface area contributed by atoms with Gasteiger partial charge in [-0.05, 0) is 31.0 Å². The number of benzene rings is 1. The number of rotatable bonds is 6. The summed E-state index contributed by atoms with van der Waals surface area (Å²) in [5, 5.41) is 8.56. The molecule has 0 spiro atoms. The van der Waals surface area contributed by atoms with E-state index in [2.05, 4.69) is 17.1 Å². The van der Waals surface area contributed by atoms with E-state index in [1.54, 1.807) is 0 Å². The standard InChI is InChI=1S/C12H17NO/c14-10-6-2-5-9-13-11-12-7-3-1-4-8-12/h1,3-4,7-9,14H,2,5-6,10-11H2. The van der Waals surface area contributed by atoms with Crippen molar-refractivity contribution in [3.63, 3.8) is 0 Å². The van der Waals surface area contributed by atoms with Crippen LogP contribution in [0.25, 0.3) is 0 Å². The highest BCUT2D eigenvalue weighted by molar-refractivity contribution is 5.57. The quantitative estimate of drug-likeness (QED) is 0.543. The van der Waals surface area contributed by atoms with Gasteiger partial charge in [-0.3, -0.25) is 4.99 Å². The molecule has 0 saturated heterocycles. The molecule has 2 nitrogen and oxygen atoms in total. The SMILES string of the molecule is OCCCCC=NCc1ccccc1. The second-order valence-corrected chi connectivity index (χ2v) is 3.23. The first-order valence-electron chi connectivity index (χ1n) is 5.06. The molecule has 0 fully saturated rings. The lowest BCUT2D eigenvalue weighted by molar-refractivity contribution is 0.286. The molecule has 1 aromatic carbocycles. The molecule has 14 heavy (non-hydrogen) atoms. The number of nitrogens with zero attached hydrogens (tertiary/aromatic N) is 1. The minimum atomic E-state index is 0.284. The van der Waals surface area contributed by atoms with Gasteiger partial charge in [-0.15, -0.1) is 0 Å². The van der Waals surface area contributed by atoms with Crippen LogP contribution in [-0.4, -0.2) is 17.9 Å². The highest BCUT2D eigenvalue weighted by Gasteiger charge is 1.86. The van der Waals surface area contributed by atoms with Crippen LogP contribution in [0.5, 0.6) is 0 Å². The summed E-state index contributed by atoms with van der Waals surface area (Å²) in [6.07, 6.45) is 4.81. The van der Waals surface area contributed by atoms with E-state index in [1.807, 2.05) is 24.4 Å². The van der Waals surface area contributed by atoms with Gasteiger partial charge in [-0.2, -0.15) is 0 Å². The van der Waals surface area contributed by atoms with Crippen LogP contribution in [0.2, 0.25) is 0 Å². The third-order valence-corrected chi connectivity index (χ3v) is 1.99. The fourth-order valence-corrected chi connectivity index (χ4v) is 1.19. The van der Waals surface area contributed by atoms with E-state index in [9.17, 15) is 0 Å². The Labute approximate surface area is 85.3 Å². The predicted octanol–water partition coefficient (Wildman–Crippen LogP) is 2.42. The van der Waals surface area contributed by atoms with Crippen molar-refractivity contribution in [2.45, 2.75) is 25.8 Å². The summed E-state index contributed by atoms with van der Waals surface area (Å²) >= 11 is 0. The molecule has 0 heterocycles. The van der Waals surface area contributed by atoms with Crippen molar-refractivity contribution in [2.24, 2.45) is 4.99 Å². The van der Waals surface area contributed by atoms with Crippen LogP contribution in [0.1, 0.15) is 24.8 Å². The molecule has 0 radical (unpaired) electrons. The van der Waals surface area contributed by atoms with Crippen molar-refractivity contribution in [3.05, 3.63) is 35.9 Å². The normalized spacial score (nSPS) is 10.9. The first kappa shape index (κ1) is 10.9. The molecule has 2 heteroatoms. The lowest BCUT2D eigenvalue weighted by Gasteiger charge is -1.94. The van der Waals surface area contributed by atoms with Crippen LogP contribution in [0.3, 0.4) is 0 Å². The lowest BCUT2D eigenvalue weighted by atomic mass is 10.2. The number of hydrogen-bond donors (Lipinski definition) is 1. The van der Waals surface area contributed by atoms with Crippen molar-refractivity contribution in [1.29, 1.82) is 0 Å². The zero-order chi connectivity index (χ0) is 10.1. The molecule has 1 aromatic rings. The monoisotopic (exact) mass is 191 g/mol. The summed E-state index contributed by atoms with van der Waals surface area (Å²) in [7, 11) is 0. The first-order valence-corrected chi connectivity index (χ1v) is 5.06. The summed E-state index contributed by atoms with van der Waals surface area (Å²) in [4.78, 5) is 4.31. The second-order valence-electron chi connectivity index (χ2n) is 3.23. The number of hydrogen-bond acceptors (Lipinski definition) is 2. The topological polar surface area (TPSA) is 32.6 Å². The first-order chi connectivity index (χ1) is 6.93. The molecule has 0 aromatic heterocycles. The van der Waals surface area contributed by atoms with E-state index in [0.29, 0.717) is 0 Å². The Kier molecular flexibility index (Phi) is 5.68. The van der Waals surface area contributed by atoms with Gasteiger partial charge in [0.15, 0.2) is 0 Å². The Morgan fingerprint density at radius 3 is 2.64 bits per heavy atom. The molecule has 76 valence electrons. The summed E-state index contributed by atoms with van der Waals surface area (Å²) in [6, 6.07) is 10.2. The zero-order valence-electron chi connectivity index (χ0n) is 8.39. The van der Waals surface area contributed by atoms with Gasteiger partial charge in [0.1, 0.15) is 0 Å². The Balaban J connectivity index is 2.14. The van der Waals surface area contributed by atoms with Crippen LogP contribution in [-0.2, 0) is 6.54 Å². The van der Waals surface area contributed by atoms with Gasteiger partial charge in [0.2, 0.25) is 0 Å². The predicted molar refractivity (Wildman–Crippen MR) is 59.6 cm³/mol. The van der Waals surface area contributed by atoms with Gasteiger partial charge < -0.3 is 5.11 Å². The Morgan fingerprint density at radius 2 is 1.93 bits per heavy atom.